The van der Waals surface area contributed by atoms with Crippen molar-refractivity contribution in [1.82, 2.24) is 9.97 Å². The van der Waals surface area contributed by atoms with Gasteiger partial charge < -0.3 is 9.64 Å². The highest BCUT2D eigenvalue weighted by Gasteiger charge is 2.05. The molecule has 0 amide bonds. The van der Waals surface area contributed by atoms with Crippen LogP contribution in [-0.4, -0.2) is 36.5 Å². The van der Waals surface area contributed by atoms with Crippen LogP contribution >= 0.6 is 0 Å². The molecule has 19 heavy (non-hydrogen) atoms. The summed E-state index contributed by atoms with van der Waals surface area (Å²) < 4.78 is 5.59. The van der Waals surface area contributed by atoms with Crippen molar-refractivity contribution < 1.29 is 9.53 Å². The lowest BCUT2D eigenvalue weighted by Crippen LogP contribution is -2.25. The SMILES string of the molecule is CN(CCOc1ccccc1C=O)c1ncccn1. The van der Waals surface area contributed by atoms with E-state index in [1.165, 1.54) is 0 Å². The molecule has 0 radical (unpaired) electrons. The Hall–Kier alpha value is -2.43. The summed E-state index contributed by atoms with van der Waals surface area (Å²) >= 11 is 0. The second-order valence-electron chi connectivity index (χ2n) is 3.97. The highest BCUT2D eigenvalue weighted by atomic mass is 16.5. The van der Waals surface area contributed by atoms with Gasteiger partial charge in [-0.05, 0) is 18.2 Å². The molecule has 0 unspecified atom stereocenters. The lowest BCUT2D eigenvalue weighted by molar-refractivity contribution is 0.111. The number of carbonyl (C=O) groups excluding carboxylic acids is 1. The Balaban J connectivity index is 1.88. The number of para-hydroxylation sites is 1. The van der Waals surface area contributed by atoms with Crippen molar-refractivity contribution in [1.29, 1.82) is 0 Å². The van der Waals surface area contributed by atoms with Gasteiger partial charge in [-0.2, -0.15) is 0 Å². The van der Waals surface area contributed by atoms with Gasteiger partial charge in [0.05, 0.1) is 12.1 Å². The number of anilines is 1. The maximum atomic E-state index is 10.8. The number of rotatable bonds is 6. The van der Waals surface area contributed by atoms with Gasteiger partial charge in [-0.3, -0.25) is 4.79 Å². The van der Waals surface area contributed by atoms with Crippen LogP contribution in [0.3, 0.4) is 0 Å². The number of nitrogens with zero attached hydrogens (tertiary/aromatic N) is 3. The van der Waals surface area contributed by atoms with E-state index in [4.69, 9.17) is 4.74 Å². The molecule has 5 heteroatoms. The van der Waals surface area contributed by atoms with Crippen molar-refractivity contribution in [3.05, 3.63) is 48.3 Å². The molecule has 0 bridgehead atoms. The van der Waals surface area contributed by atoms with E-state index in [9.17, 15) is 4.79 Å². The third-order valence-corrected chi connectivity index (χ3v) is 2.62. The zero-order chi connectivity index (χ0) is 13.5. The molecule has 0 atom stereocenters. The Morgan fingerprint density at radius 1 is 1.21 bits per heavy atom. The van der Waals surface area contributed by atoms with Gasteiger partial charge in [0.1, 0.15) is 12.4 Å². The molecular formula is C14H15N3O2. The number of ether oxygens (including phenoxy) is 1. The average Bonchev–Trinajstić information content (AvgIpc) is 2.48. The zero-order valence-corrected chi connectivity index (χ0v) is 10.7. The van der Waals surface area contributed by atoms with Gasteiger partial charge in [-0.15, -0.1) is 0 Å². The molecule has 0 aliphatic heterocycles. The summed E-state index contributed by atoms with van der Waals surface area (Å²) in [5, 5.41) is 0. The van der Waals surface area contributed by atoms with Gasteiger partial charge >= 0.3 is 0 Å². The van der Waals surface area contributed by atoms with Gasteiger partial charge in [0.2, 0.25) is 5.95 Å². The van der Waals surface area contributed by atoms with Gasteiger partial charge in [0.25, 0.3) is 0 Å². The smallest absolute Gasteiger partial charge is 0.225 e. The highest BCUT2D eigenvalue weighted by Crippen LogP contribution is 2.15. The first kappa shape index (κ1) is 13.0. The molecule has 1 aromatic carbocycles. The largest absolute Gasteiger partial charge is 0.491 e. The summed E-state index contributed by atoms with van der Waals surface area (Å²) in [6.07, 6.45) is 4.18. The van der Waals surface area contributed by atoms with Crippen LogP contribution in [0.25, 0.3) is 0 Å². The normalized spacial score (nSPS) is 9.95. The first-order valence-corrected chi connectivity index (χ1v) is 5.96. The minimum Gasteiger partial charge on any atom is -0.491 e. The number of benzene rings is 1. The number of hydrogen-bond acceptors (Lipinski definition) is 5. The highest BCUT2D eigenvalue weighted by molar-refractivity contribution is 5.79. The number of aldehydes is 1. The van der Waals surface area contributed by atoms with Crippen LogP contribution in [0.4, 0.5) is 5.95 Å². The van der Waals surface area contributed by atoms with Crippen molar-refractivity contribution in [2.75, 3.05) is 25.1 Å². The van der Waals surface area contributed by atoms with Crippen LogP contribution < -0.4 is 9.64 Å². The molecule has 0 spiro atoms. The topological polar surface area (TPSA) is 55.3 Å². The quantitative estimate of drug-likeness (QED) is 0.739. The van der Waals surface area contributed by atoms with Crippen LogP contribution in [0.1, 0.15) is 10.4 Å². The number of aromatic nitrogens is 2. The average molecular weight is 257 g/mol. The predicted octanol–water partition coefficient (Wildman–Crippen LogP) is 1.80. The summed E-state index contributed by atoms with van der Waals surface area (Å²) in [7, 11) is 1.89. The van der Waals surface area contributed by atoms with E-state index < -0.39 is 0 Å². The van der Waals surface area contributed by atoms with E-state index in [0.717, 1.165) is 6.29 Å². The van der Waals surface area contributed by atoms with Gasteiger partial charge in [-0.1, -0.05) is 12.1 Å². The summed E-state index contributed by atoms with van der Waals surface area (Å²) in [5.41, 5.74) is 0.557. The Kier molecular flexibility index (Phi) is 4.44. The molecule has 0 saturated heterocycles. The zero-order valence-electron chi connectivity index (χ0n) is 10.7. The van der Waals surface area contributed by atoms with Gasteiger partial charge in [0.15, 0.2) is 6.29 Å². The molecular weight excluding hydrogens is 242 g/mol. The Labute approximate surface area is 111 Å². The number of hydrogen-bond donors (Lipinski definition) is 0. The van der Waals surface area contributed by atoms with Crippen molar-refractivity contribution in [3.8, 4) is 5.75 Å². The number of likely N-dealkylation sites (N-methyl/N-ethyl adjacent to an activating group) is 1. The van der Waals surface area contributed by atoms with Gasteiger partial charge in [-0.25, -0.2) is 9.97 Å². The van der Waals surface area contributed by atoms with Crippen molar-refractivity contribution in [2.24, 2.45) is 0 Å². The minimum atomic E-state index is 0.458. The second-order valence-corrected chi connectivity index (χ2v) is 3.97. The van der Waals surface area contributed by atoms with E-state index in [1.54, 1.807) is 36.7 Å². The van der Waals surface area contributed by atoms with Crippen molar-refractivity contribution >= 4 is 12.2 Å². The molecule has 5 nitrogen and oxygen atoms in total. The second kappa shape index (κ2) is 6.49. The van der Waals surface area contributed by atoms with Crippen LogP contribution in [-0.2, 0) is 0 Å². The predicted molar refractivity (Wildman–Crippen MR) is 72.6 cm³/mol. The van der Waals surface area contributed by atoms with Crippen LogP contribution in [0.2, 0.25) is 0 Å². The number of carbonyl (C=O) groups is 1. The van der Waals surface area contributed by atoms with Crippen LogP contribution in [0, 0.1) is 0 Å². The summed E-state index contributed by atoms with van der Waals surface area (Å²) in [6, 6.07) is 8.93. The molecule has 0 aliphatic carbocycles. The fraction of sp³-hybridized carbons (Fsp3) is 0.214. The van der Waals surface area contributed by atoms with E-state index in [-0.39, 0.29) is 0 Å². The summed E-state index contributed by atoms with van der Waals surface area (Å²) in [5.74, 6) is 1.25. The molecule has 2 rings (SSSR count). The molecule has 1 aromatic heterocycles. The first-order valence-electron chi connectivity index (χ1n) is 5.96. The Morgan fingerprint density at radius 2 is 1.95 bits per heavy atom. The van der Waals surface area contributed by atoms with Crippen LogP contribution in [0.5, 0.6) is 5.75 Å². The third-order valence-electron chi connectivity index (χ3n) is 2.62. The van der Waals surface area contributed by atoms with E-state index in [2.05, 4.69) is 9.97 Å². The molecule has 0 N–H and O–H groups in total. The van der Waals surface area contributed by atoms with E-state index >= 15 is 0 Å². The first-order chi connectivity index (χ1) is 9.31. The van der Waals surface area contributed by atoms with E-state index in [1.807, 2.05) is 18.0 Å². The van der Waals surface area contributed by atoms with Crippen molar-refractivity contribution in [3.63, 3.8) is 0 Å². The molecule has 0 aliphatic rings. The maximum Gasteiger partial charge on any atom is 0.225 e. The summed E-state index contributed by atoms with van der Waals surface area (Å²) in [6.45, 7) is 1.09. The fourth-order valence-electron chi connectivity index (χ4n) is 1.59. The molecule has 0 fully saturated rings. The standard InChI is InChI=1S/C14H15N3O2/c1-17(14-15-7-4-8-16-14)9-10-19-13-6-3-2-5-12(13)11-18/h2-8,11H,9-10H2,1H3. The molecule has 2 aromatic rings. The third kappa shape index (κ3) is 3.51. The monoisotopic (exact) mass is 257 g/mol. The van der Waals surface area contributed by atoms with Gasteiger partial charge in [0, 0.05) is 19.4 Å². The van der Waals surface area contributed by atoms with Crippen molar-refractivity contribution in [2.45, 2.75) is 0 Å². The van der Waals surface area contributed by atoms with Crippen LogP contribution in [0.15, 0.2) is 42.7 Å². The molecule has 1 heterocycles. The summed E-state index contributed by atoms with van der Waals surface area (Å²) in [4.78, 5) is 21.0. The lowest BCUT2D eigenvalue weighted by Gasteiger charge is -2.17. The Bertz CT molecular complexity index is 531. The maximum absolute atomic E-state index is 10.8. The molecule has 0 saturated carbocycles. The Morgan fingerprint density at radius 3 is 2.68 bits per heavy atom. The lowest BCUT2D eigenvalue weighted by atomic mass is 10.2. The molecule has 98 valence electrons. The minimum absolute atomic E-state index is 0.458. The van der Waals surface area contributed by atoms with E-state index in [0.29, 0.717) is 30.4 Å². The fourth-order valence-corrected chi connectivity index (χ4v) is 1.59.